The maximum atomic E-state index is 12.0. The number of para-hydroxylation sites is 1. The zero-order valence-electron chi connectivity index (χ0n) is 13.2. The molecule has 0 saturated heterocycles. The molecule has 0 aliphatic heterocycles. The molecule has 0 aliphatic carbocycles. The second kappa shape index (κ2) is 7.76. The molecule has 0 aliphatic rings. The second-order valence-corrected chi connectivity index (χ2v) is 6.30. The summed E-state index contributed by atoms with van der Waals surface area (Å²) in [5.41, 5.74) is -0.399. The SMILES string of the molecule is O=c1oc(=O)n(CCCCOc2ccccc2)c2c(Cl)cc(Cl)cc12. The lowest BCUT2D eigenvalue weighted by Gasteiger charge is -2.10. The van der Waals surface area contributed by atoms with E-state index in [4.69, 9.17) is 32.4 Å². The van der Waals surface area contributed by atoms with Crippen molar-refractivity contribution in [3.05, 3.63) is 73.5 Å². The van der Waals surface area contributed by atoms with Gasteiger partial charge in [0.25, 0.3) is 0 Å². The largest absolute Gasteiger partial charge is 0.494 e. The summed E-state index contributed by atoms with van der Waals surface area (Å²) >= 11 is 12.1. The van der Waals surface area contributed by atoms with Gasteiger partial charge >= 0.3 is 11.4 Å². The molecule has 1 heterocycles. The molecule has 5 nitrogen and oxygen atoms in total. The van der Waals surface area contributed by atoms with Gasteiger partial charge in [-0.2, -0.15) is 0 Å². The minimum absolute atomic E-state index is 0.192. The molecule has 0 fully saturated rings. The molecule has 7 heteroatoms. The van der Waals surface area contributed by atoms with E-state index in [9.17, 15) is 9.59 Å². The normalized spacial score (nSPS) is 11.0. The lowest BCUT2D eigenvalue weighted by Crippen LogP contribution is -2.25. The first-order valence-corrected chi connectivity index (χ1v) is 8.52. The number of hydrogen-bond acceptors (Lipinski definition) is 4. The molecule has 25 heavy (non-hydrogen) atoms. The van der Waals surface area contributed by atoms with E-state index in [0.717, 1.165) is 12.2 Å². The Morgan fingerprint density at radius 3 is 2.56 bits per heavy atom. The fourth-order valence-corrected chi connectivity index (χ4v) is 3.15. The van der Waals surface area contributed by atoms with Gasteiger partial charge in [-0.15, -0.1) is 0 Å². The molecule has 0 unspecified atom stereocenters. The molecule has 0 N–H and O–H groups in total. The first-order valence-electron chi connectivity index (χ1n) is 7.77. The molecule has 0 atom stereocenters. The number of halogens is 2. The molecule has 0 bridgehead atoms. The van der Waals surface area contributed by atoms with Crippen LogP contribution in [0.2, 0.25) is 10.0 Å². The minimum Gasteiger partial charge on any atom is -0.494 e. The fourth-order valence-electron chi connectivity index (χ4n) is 2.56. The van der Waals surface area contributed by atoms with Gasteiger partial charge in [0, 0.05) is 11.6 Å². The quantitative estimate of drug-likeness (QED) is 0.604. The Bertz CT molecular complexity index is 996. The molecule has 1 aromatic heterocycles. The first-order chi connectivity index (χ1) is 12.1. The highest BCUT2D eigenvalue weighted by Gasteiger charge is 2.13. The highest BCUT2D eigenvalue weighted by Crippen LogP contribution is 2.25. The summed E-state index contributed by atoms with van der Waals surface area (Å²) in [6.45, 7) is 0.881. The van der Waals surface area contributed by atoms with E-state index in [1.54, 1.807) is 0 Å². The van der Waals surface area contributed by atoms with Crippen LogP contribution in [0.3, 0.4) is 0 Å². The Balaban J connectivity index is 1.73. The van der Waals surface area contributed by atoms with E-state index >= 15 is 0 Å². The number of aryl methyl sites for hydroxylation is 1. The zero-order valence-corrected chi connectivity index (χ0v) is 14.7. The number of nitrogens with zero attached hydrogens (tertiary/aromatic N) is 1. The second-order valence-electron chi connectivity index (χ2n) is 5.46. The van der Waals surface area contributed by atoms with Gasteiger partial charge in [0.2, 0.25) is 0 Å². The third-order valence-electron chi connectivity index (χ3n) is 3.71. The molecule has 0 saturated carbocycles. The van der Waals surface area contributed by atoms with Crippen LogP contribution in [-0.2, 0) is 6.54 Å². The van der Waals surface area contributed by atoms with Crippen LogP contribution in [0.1, 0.15) is 12.8 Å². The molecule has 2 aromatic carbocycles. The Hall–Kier alpha value is -2.24. The van der Waals surface area contributed by atoms with Crippen LogP contribution in [0.5, 0.6) is 5.75 Å². The predicted molar refractivity (Wildman–Crippen MR) is 97.9 cm³/mol. The number of rotatable bonds is 6. The van der Waals surface area contributed by atoms with Crippen molar-refractivity contribution in [2.75, 3.05) is 6.61 Å². The van der Waals surface area contributed by atoms with Gasteiger partial charge in [-0.25, -0.2) is 9.59 Å². The summed E-state index contributed by atoms with van der Waals surface area (Å²) < 4.78 is 11.7. The summed E-state index contributed by atoms with van der Waals surface area (Å²) in [7, 11) is 0. The topological polar surface area (TPSA) is 61.4 Å². The third-order valence-corrected chi connectivity index (χ3v) is 4.21. The molecular weight excluding hydrogens is 365 g/mol. The van der Waals surface area contributed by atoms with Crippen molar-refractivity contribution in [1.29, 1.82) is 0 Å². The minimum atomic E-state index is -0.743. The summed E-state index contributed by atoms with van der Waals surface area (Å²) in [5, 5.41) is 0.747. The van der Waals surface area contributed by atoms with Gasteiger partial charge in [0.1, 0.15) is 5.75 Å². The van der Waals surface area contributed by atoms with Gasteiger partial charge in [-0.3, -0.25) is 4.57 Å². The lowest BCUT2D eigenvalue weighted by atomic mass is 10.2. The van der Waals surface area contributed by atoms with Gasteiger partial charge < -0.3 is 9.15 Å². The Labute approximate surface area is 153 Å². The summed E-state index contributed by atoms with van der Waals surface area (Å²) in [5.74, 6) is 0.0687. The molecule has 3 rings (SSSR count). The average Bonchev–Trinajstić information content (AvgIpc) is 2.58. The molecule has 130 valence electrons. The number of unbranched alkanes of at least 4 members (excludes halogenated alkanes) is 1. The van der Waals surface area contributed by atoms with Crippen molar-refractivity contribution in [1.82, 2.24) is 4.57 Å². The van der Waals surface area contributed by atoms with E-state index < -0.39 is 11.4 Å². The van der Waals surface area contributed by atoms with E-state index in [0.29, 0.717) is 30.1 Å². The monoisotopic (exact) mass is 379 g/mol. The maximum Gasteiger partial charge on any atom is 0.422 e. The van der Waals surface area contributed by atoms with Crippen molar-refractivity contribution in [2.24, 2.45) is 0 Å². The molecule has 0 spiro atoms. The zero-order chi connectivity index (χ0) is 17.8. The van der Waals surface area contributed by atoms with Gasteiger partial charge in [-0.1, -0.05) is 41.4 Å². The smallest absolute Gasteiger partial charge is 0.422 e. The lowest BCUT2D eigenvalue weighted by molar-refractivity contribution is 0.301. The van der Waals surface area contributed by atoms with Crippen LogP contribution >= 0.6 is 23.2 Å². The summed E-state index contributed by atoms with van der Waals surface area (Å²) in [4.78, 5) is 23.9. The van der Waals surface area contributed by atoms with Crippen molar-refractivity contribution >= 4 is 34.1 Å². The van der Waals surface area contributed by atoms with Crippen LogP contribution in [0, 0.1) is 0 Å². The number of fused-ring (bicyclic) bond motifs is 1. The molecule has 3 aromatic rings. The van der Waals surface area contributed by atoms with Crippen LogP contribution in [0.15, 0.2) is 56.5 Å². The summed E-state index contributed by atoms with van der Waals surface area (Å²) in [6.07, 6.45) is 1.39. The third kappa shape index (κ3) is 4.06. The van der Waals surface area contributed by atoms with Crippen LogP contribution in [0.4, 0.5) is 0 Å². The van der Waals surface area contributed by atoms with Crippen molar-refractivity contribution < 1.29 is 9.15 Å². The Kier molecular flexibility index (Phi) is 5.46. The number of aromatic nitrogens is 1. The molecular formula is C18H15Cl2NO4. The van der Waals surface area contributed by atoms with Gasteiger partial charge in [0.05, 0.1) is 22.5 Å². The molecule has 0 amide bonds. The van der Waals surface area contributed by atoms with E-state index in [-0.39, 0.29) is 10.4 Å². The standard InChI is InChI=1S/C18H15Cl2NO4/c19-12-10-14-16(15(20)11-12)21(18(23)25-17(14)22)8-4-5-9-24-13-6-2-1-3-7-13/h1-3,6-7,10-11H,4-5,8-9H2. The van der Waals surface area contributed by atoms with Crippen LogP contribution in [-0.4, -0.2) is 11.2 Å². The number of hydrogen-bond donors (Lipinski definition) is 0. The van der Waals surface area contributed by atoms with Crippen molar-refractivity contribution in [2.45, 2.75) is 19.4 Å². The summed E-state index contributed by atoms with van der Waals surface area (Å²) in [6, 6.07) is 12.4. The first kappa shape index (κ1) is 17.6. The van der Waals surface area contributed by atoms with Crippen LogP contribution in [0.25, 0.3) is 10.9 Å². The van der Waals surface area contributed by atoms with E-state index in [1.165, 1.54) is 16.7 Å². The molecule has 0 radical (unpaired) electrons. The van der Waals surface area contributed by atoms with Gasteiger partial charge in [0.15, 0.2) is 0 Å². The van der Waals surface area contributed by atoms with Crippen LogP contribution < -0.4 is 16.1 Å². The van der Waals surface area contributed by atoms with Gasteiger partial charge in [-0.05, 0) is 37.1 Å². The Morgan fingerprint density at radius 1 is 1.04 bits per heavy atom. The van der Waals surface area contributed by atoms with Crippen molar-refractivity contribution in [3.8, 4) is 5.75 Å². The predicted octanol–water partition coefficient (Wildman–Crippen LogP) is 4.12. The maximum absolute atomic E-state index is 12.0. The fraction of sp³-hybridized carbons (Fsp3) is 0.222. The van der Waals surface area contributed by atoms with Crippen molar-refractivity contribution in [3.63, 3.8) is 0 Å². The average molecular weight is 380 g/mol. The highest BCUT2D eigenvalue weighted by molar-refractivity contribution is 6.38. The van der Waals surface area contributed by atoms with E-state index in [2.05, 4.69) is 0 Å². The number of ether oxygens (including phenoxy) is 1. The highest BCUT2D eigenvalue weighted by atomic mass is 35.5. The Morgan fingerprint density at radius 2 is 1.80 bits per heavy atom. The van der Waals surface area contributed by atoms with E-state index in [1.807, 2.05) is 30.3 Å². The number of benzene rings is 2.